The van der Waals surface area contributed by atoms with Crippen LogP contribution in [0.1, 0.15) is 20.8 Å². The highest BCUT2D eigenvalue weighted by atomic mass is 32.2. The van der Waals surface area contributed by atoms with E-state index in [9.17, 15) is 4.79 Å². The standard InChI is InChI=1S/C15H21N5O2S/c1-4-10(7-9(2)3)8-20-13-11(17-15(20)22)12(16)18-14(19-13)23-6-5-21/h4,7,21H,5-6,8H2,1-3H3,(H,17,22)(H2,16,18,19)/b10-4+. The van der Waals surface area contributed by atoms with Gasteiger partial charge in [-0.05, 0) is 26.3 Å². The summed E-state index contributed by atoms with van der Waals surface area (Å²) >= 11 is 1.29. The number of imidazole rings is 1. The summed E-state index contributed by atoms with van der Waals surface area (Å²) in [4.78, 5) is 23.5. The largest absolute Gasteiger partial charge is 0.396 e. The Balaban J connectivity index is 2.50. The number of aromatic nitrogens is 4. The third kappa shape index (κ3) is 4.02. The SMILES string of the molecule is C/C=C(\C=C(C)C)Cn1c(=O)[nH]c2c(N)nc(SCCO)nc21. The third-order valence-electron chi connectivity index (χ3n) is 3.14. The highest BCUT2D eigenvalue weighted by Gasteiger charge is 2.14. The maximum absolute atomic E-state index is 12.2. The highest BCUT2D eigenvalue weighted by Crippen LogP contribution is 2.20. The lowest BCUT2D eigenvalue weighted by molar-refractivity contribution is 0.322. The van der Waals surface area contributed by atoms with Crippen molar-refractivity contribution in [3.8, 4) is 0 Å². The lowest BCUT2D eigenvalue weighted by Crippen LogP contribution is -2.18. The third-order valence-corrected chi connectivity index (χ3v) is 3.97. The lowest BCUT2D eigenvalue weighted by atomic mass is 10.2. The fraction of sp³-hybridized carbons (Fsp3) is 0.400. The van der Waals surface area contributed by atoms with Gasteiger partial charge in [0.15, 0.2) is 16.6 Å². The Hall–Kier alpha value is -2.06. The first-order valence-corrected chi connectivity index (χ1v) is 8.24. The summed E-state index contributed by atoms with van der Waals surface area (Å²) in [6.45, 7) is 6.37. The van der Waals surface area contributed by atoms with Crippen molar-refractivity contribution in [1.29, 1.82) is 0 Å². The number of hydrogen-bond donors (Lipinski definition) is 3. The molecule has 2 aromatic rings. The maximum atomic E-state index is 12.2. The van der Waals surface area contributed by atoms with Gasteiger partial charge in [0.25, 0.3) is 0 Å². The monoisotopic (exact) mass is 335 g/mol. The van der Waals surface area contributed by atoms with Crippen molar-refractivity contribution in [1.82, 2.24) is 19.5 Å². The molecule has 0 aliphatic rings. The van der Waals surface area contributed by atoms with Gasteiger partial charge in [-0.2, -0.15) is 0 Å². The van der Waals surface area contributed by atoms with Crippen LogP contribution in [-0.4, -0.2) is 37.0 Å². The van der Waals surface area contributed by atoms with Crippen LogP contribution in [0.4, 0.5) is 5.82 Å². The molecule has 0 bridgehead atoms. The van der Waals surface area contributed by atoms with Gasteiger partial charge in [-0.15, -0.1) is 0 Å². The lowest BCUT2D eigenvalue weighted by Gasteiger charge is -2.06. The van der Waals surface area contributed by atoms with Gasteiger partial charge in [-0.1, -0.05) is 29.5 Å². The summed E-state index contributed by atoms with van der Waals surface area (Å²) in [6.07, 6.45) is 3.99. The van der Waals surface area contributed by atoms with Gasteiger partial charge >= 0.3 is 5.69 Å². The Morgan fingerprint density at radius 2 is 2.17 bits per heavy atom. The summed E-state index contributed by atoms with van der Waals surface area (Å²) < 4.78 is 1.55. The predicted octanol–water partition coefficient (Wildman–Crippen LogP) is 1.70. The van der Waals surface area contributed by atoms with Crippen molar-refractivity contribution in [2.24, 2.45) is 0 Å². The number of rotatable bonds is 6. The Morgan fingerprint density at radius 3 is 2.78 bits per heavy atom. The zero-order chi connectivity index (χ0) is 17.0. The summed E-state index contributed by atoms with van der Waals surface area (Å²) in [5, 5.41) is 9.37. The Morgan fingerprint density at radius 1 is 1.43 bits per heavy atom. The smallest absolute Gasteiger partial charge is 0.328 e. The van der Waals surface area contributed by atoms with Crippen LogP contribution < -0.4 is 11.4 Å². The first-order valence-electron chi connectivity index (χ1n) is 7.26. The number of fused-ring (bicyclic) bond motifs is 1. The van der Waals surface area contributed by atoms with Gasteiger partial charge in [0.1, 0.15) is 5.52 Å². The topological polar surface area (TPSA) is 110 Å². The van der Waals surface area contributed by atoms with Crippen LogP contribution in [0.3, 0.4) is 0 Å². The van der Waals surface area contributed by atoms with Crippen LogP contribution in [0.25, 0.3) is 11.2 Å². The van der Waals surface area contributed by atoms with Gasteiger partial charge in [0.2, 0.25) is 0 Å². The summed E-state index contributed by atoms with van der Waals surface area (Å²) in [5.41, 5.74) is 8.72. The second kappa shape index (κ2) is 7.47. The molecule has 4 N–H and O–H groups in total. The number of nitrogens with one attached hydrogen (secondary N) is 1. The number of nitrogens with two attached hydrogens (primary N) is 1. The molecule has 0 radical (unpaired) electrons. The number of nitrogens with zero attached hydrogens (tertiary/aromatic N) is 3. The van der Waals surface area contributed by atoms with Crippen molar-refractivity contribution in [3.05, 3.63) is 33.8 Å². The molecule has 124 valence electrons. The minimum absolute atomic E-state index is 0.0230. The number of allylic oxidation sites excluding steroid dienone is 4. The van der Waals surface area contributed by atoms with E-state index < -0.39 is 0 Å². The molecule has 0 atom stereocenters. The second-order valence-corrected chi connectivity index (χ2v) is 6.33. The molecule has 0 aliphatic carbocycles. The first kappa shape index (κ1) is 17.3. The number of aliphatic hydroxyl groups excluding tert-OH is 1. The van der Waals surface area contributed by atoms with Gasteiger partial charge in [0, 0.05) is 5.75 Å². The molecule has 0 saturated heterocycles. The quantitative estimate of drug-likeness (QED) is 0.421. The van der Waals surface area contributed by atoms with E-state index in [1.165, 1.54) is 11.8 Å². The molecular formula is C15H21N5O2S. The van der Waals surface area contributed by atoms with E-state index in [0.717, 1.165) is 11.1 Å². The van der Waals surface area contributed by atoms with Crippen molar-refractivity contribution in [2.75, 3.05) is 18.1 Å². The Labute approximate surface area is 138 Å². The molecule has 7 nitrogen and oxygen atoms in total. The van der Waals surface area contributed by atoms with Crippen LogP contribution in [0.5, 0.6) is 0 Å². The predicted molar refractivity (Wildman–Crippen MR) is 93.6 cm³/mol. The molecule has 8 heteroatoms. The fourth-order valence-corrected chi connectivity index (χ4v) is 2.74. The van der Waals surface area contributed by atoms with Gasteiger partial charge in [-0.25, -0.2) is 14.8 Å². The van der Waals surface area contributed by atoms with E-state index in [2.05, 4.69) is 15.0 Å². The van der Waals surface area contributed by atoms with Crippen molar-refractivity contribution < 1.29 is 5.11 Å². The fourth-order valence-electron chi connectivity index (χ4n) is 2.15. The Bertz CT molecular complexity index is 815. The van der Waals surface area contributed by atoms with Gasteiger partial charge < -0.3 is 15.8 Å². The molecule has 2 heterocycles. The van der Waals surface area contributed by atoms with E-state index >= 15 is 0 Å². The summed E-state index contributed by atoms with van der Waals surface area (Å²) in [5.74, 6) is 0.702. The van der Waals surface area contributed by atoms with E-state index in [4.69, 9.17) is 10.8 Å². The van der Waals surface area contributed by atoms with E-state index in [0.29, 0.717) is 28.6 Å². The van der Waals surface area contributed by atoms with Gasteiger partial charge in [-0.3, -0.25) is 4.57 Å². The number of aliphatic hydroxyl groups is 1. The van der Waals surface area contributed by atoms with Crippen molar-refractivity contribution >= 4 is 28.7 Å². The number of nitrogen functional groups attached to an aromatic ring is 1. The van der Waals surface area contributed by atoms with Crippen LogP contribution in [0.15, 0.2) is 33.2 Å². The van der Waals surface area contributed by atoms with Gasteiger partial charge in [0.05, 0.1) is 13.2 Å². The number of aromatic amines is 1. The zero-order valence-electron chi connectivity index (χ0n) is 13.5. The molecule has 0 saturated carbocycles. The van der Waals surface area contributed by atoms with E-state index in [-0.39, 0.29) is 18.1 Å². The number of hydrogen-bond acceptors (Lipinski definition) is 6. The molecule has 23 heavy (non-hydrogen) atoms. The van der Waals surface area contributed by atoms with Crippen LogP contribution in [0.2, 0.25) is 0 Å². The minimum atomic E-state index is -0.271. The summed E-state index contributed by atoms with van der Waals surface area (Å²) in [6, 6.07) is 0. The molecule has 0 aliphatic heterocycles. The molecular weight excluding hydrogens is 314 g/mol. The molecule has 2 rings (SSSR count). The van der Waals surface area contributed by atoms with E-state index in [1.807, 2.05) is 32.9 Å². The molecule has 0 spiro atoms. The zero-order valence-corrected chi connectivity index (χ0v) is 14.3. The second-order valence-electron chi connectivity index (χ2n) is 5.26. The Kier molecular flexibility index (Phi) is 5.62. The molecule has 2 aromatic heterocycles. The maximum Gasteiger partial charge on any atom is 0.328 e. The van der Waals surface area contributed by atoms with E-state index in [1.54, 1.807) is 4.57 Å². The van der Waals surface area contributed by atoms with Crippen molar-refractivity contribution in [3.63, 3.8) is 0 Å². The normalized spacial score (nSPS) is 11.9. The minimum Gasteiger partial charge on any atom is -0.396 e. The molecule has 0 unspecified atom stereocenters. The molecule has 0 fully saturated rings. The average Bonchev–Trinajstić information content (AvgIpc) is 2.81. The number of anilines is 1. The van der Waals surface area contributed by atoms with Crippen LogP contribution in [0, 0.1) is 0 Å². The number of H-pyrrole nitrogens is 1. The molecule has 0 amide bonds. The average molecular weight is 335 g/mol. The summed E-state index contributed by atoms with van der Waals surface area (Å²) in [7, 11) is 0. The number of thioether (sulfide) groups is 1. The van der Waals surface area contributed by atoms with Crippen LogP contribution >= 0.6 is 11.8 Å². The van der Waals surface area contributed by atoms with Crippen LogP contribution in [-0.2, 0) is 6.54 Å². The first-order chi connectivity index (χ1) is 11.0. The highest BCUT2D eigenvalue weighted by molar-refractivity contribution is 7.99. The van der Waals surface area contributed by atoms with Crippen molar-refractivity contribution in [2.45, 2.75) is 32.5 Å². The molecule has 0 aromatic carbocycles.